The summed E-state index contributed by atoms with van der Waals surface area (Å²) in [6, 6.07) is 18.5. The molecule has 4 rings (SSSR count). The van der Waals surface area contributed by atoms with Gasteiger partial charge in [0.2, 0.25) is 0 Å². The molecule has 0 radical (unpaired) electrons. The molecule has 0 aliphatic carbocycles. The number of pyridine rings is 1. The molecule has 0 atom stereocenters. The predicted molar refractivity (Wildman–Crippen MR) is 115 cm³/mol. The number of halogens is 1. The highest BCUT2D eigenvalue weighted by Gasteiger charge is 2.21. The molecule has 0 saturated carbocycles. The summed E-state index contributed by atoms with van der Waals surface area (Å²) in [6.45, 7) is 6.24. The molecule has 2 aromatic carbocycles. The number of nitrogens with zero attached hydrogens (tertiary/aromatic N) is 3. The Morgan fingerprint density at radius 2 is 1.86 bits per heavy atom. The molecule has 0 unspecified atom stereocenters. The molecule has 4 nitrogen and oxygen atoms in total. The fourth-order valence-corrected chi connectivity index (χ4v) is 3.76. The van der Waals surface area contributed by atoms with Gasteiger partial charge in [-0.15, -0.1) is 0 Å². The zero-order valence-corrected chi connectivity index (χ0v) is 16.9. The number of hydrogen-bond donors (Lipinski definition) is 1. The largest absolute Gasteiger partial charge is 0.369 e. The summed E-state index contributed by atoms with van der Waals surface area (Å²) in [7, 11) is 0. The molecule has 2 aromatic heterocycles. The van der Waals surface area contributed by atoms with Gasteiger partial charge in [0.1, 0.15) is 11.9 Å². The third-order valence-corrected chi connectivity index (χ3v) is 5.20. The SMILES string of the molecule is Cc1c(Cc2ccc(Cl)cc2)c(NC(C)C)n2c(nc3ccccc32)c1C#N. The van der Waals surface area contributed by atoms with Crippen molar-refractivity contribution >= 4 is 34.1 Å². The number of aromatic nitrogens is 2. The molecule has 0 saturated heterocycles. The van der Waals surface area contributed by atoms with Gasteiger partial charge in [0, 0.05) is 23.0 Å². The van der Waals surface area contributed by atoms with Crippen molar-refractivity contribution in [2.24, 2.45) is 0 Å². The average molecular weight is 389 g/mol. The van der Waals surface area contributed by atoms with E-state index >= 15 is 0 Å². The molecule has 0 spiro atoms. The first-order valence-corrected chi connectivity index (χ1v) is 9.71. The number of fused-ring (bicyclic) bond motifs is 3. The number of rotatable bonds is 4. The molecule has 0 fully saturated rings. The number of para-hydroxylation sites is 2. The van der Waals surface area contributed by atoms with Crippen LogP contribution in [-0.2, 0) is 6.42 Å². The summed E-state index contributed by atoms with van der Waals surface area (Å²) in [5.74, 6) is 0.991. The molecule has 5 heteroatoms. The van der Waals surface area contributed by atoms with Gasteiger partial charge in [-0.1, -0.05) is 35.9 Å². The third kappa shape index (κ3) is 3.08. The maximum Gasteiger partial charge on any atom is 0.157 e. The molecule has 0 aliphatic rings. The Morgan fingerprint density at radius 1 is 1.14 bits per heavy atom. The summed E-state index contributed by atoms with van der Waals surface area (Å²) in [4.78, 5) is 4.76. The number of imidazole rings is 1. The number of hydrogen-bond acceptors (Lipinski definition) is 3. The highest BCUT2D eigenvalue weighted by Crippen LogP contribution is 2.33. The van der Waals surface area contributed by atoms with Crippen molar-refractivity contribution in [3.05, 3.63) is 75.8 Å². The van der Waals surface area contributed by atoms with Crippen LogP contribution in [0.1, 0.15) is 36.1 Å². The maximum absolute atomic E-state index is 9.90. The van der Waals surface area contributed by atoms with Gasteiger partial charge < -0.3 is 5.32 Å². The second-order valence-corrected chi connectivity index (χ2v) is 7.74. The van der Waals surface area contributed by atoms with Crippen molar-refractivity contribution in [1.29, 1.82) is 5.26 Å². The van der Waals surface area contributed by atoms with E-state index in [1.54, 1.807) is 0 Å². The minimum absolute atomic E-state index is 0.237. The van der Waals surface area contributed by atoms with Gasteiger partial charge in [-0.3, -0.25) is 4.40 Å². The predicted octanol–water partition coefficient (Wildman–Crippen LogP) is 5.73. The third-order valence-electron chi connectivity index (χ3n) is 4.95. The second kappa shape index (κ2) is 7.18. The zero-order chi connectivity index (χ0) is 19.8. The van der Waals surface area contributed by atoms with Gasteiger partial charge in [-0.25, -0.2) is 4.98 Å². The van der Waals surface area contributed by atoms with E-state index in [2.05, 4.69) is 29.6 Å². The minimum atomic E-state index is 0.237. The Kier molecular flexibility index (Phi) is 4.70. The van der Waals surface area contributed by atoms with E-state index in [-0.39, 0.29) is 6.04 Å². The van der Waals surface area contributed by atoms with E-state index in [0.717, 1.165) is 38.6 Å². The van der Waals surface area contributed by atoms with Crippen LogP contribution < -0.4 is 5.32 Å². The molecule has 2 heterocycles. The fourth-order valence-electron chi connectivity index (χ4n) is 3.63. The molecule has 0 amide bonds. The summed E-state index contributed by atoms with van der Waals surface area (Å²) in [5, 5.41) is 14.2. The lowest BCUT2D eigenvalue weighted by Crippen LogP contribution is -2.17. The van der Waals surface area contributed by atoms with Crippen molar-refractivity contribution in [3.8, 4) is 6.07 Å². The van der Waals surface area contributed by atoms with Gasteiger partial charge >= 0.3 is 0 Å². The maximum atomic E-state index is 9.90. The summed E-state index contributed by atoms with van der Waals surface area (Å²) < 4.78 is 2.09. The van der Waals surface area contributed by atoms with E-state index in [0.29, 0.717) is 17.6 Å². The molecule has 0 aliphatic heterocycles. The smallest absolute Gasteiger partial charge is 0.157 e. The van der Waals surface area contributed by atoms with Crippen LogP contribution in [0.15, 0.2) is 48.5 Å². The van der Waals surface area contributed by atoms with E-state index in [9.17, 15) is 5.26 Å². The van der Waals surface area contributed by atoms with Crippen molar-refractivity contribution < 1.29 is 0 Å². The van der Waals surface area contributed by atoms with Gasteiger partial charge in [0.15, 0.2) is 5.65 Å². The monoisotopic (exact) mass is 388 g/mol. The number of nitriles is 1. The highest BCUT2D eigenvalue weighted by atomic mass is 35.5. The Morgan fingerprint density at radius 3 is 2.54 bits per heavy atom. The Balaban J connectivity index is 2.06. The second-order valence-electron chi connectivity index (χ2n) is 7.30. The van der Waals surface area contributed by atoms with Crippen molar-refractivity contribution in [2.75, 3.05) is 5.32 Å². The van der Waals surface area contributed by atoms with Crippen LogP contribution in [-0.4, -0.2) is 15.4 Å². The van der Waals surface area contributed by atoms with Crippen molar-refractivity contribution in [3.63, 3.8) is 0 Å². The van der Waals surface area contributed by atoms with Gasteiger partial charge in [0.25, 0.3) is 0 Å². The molecular weight excluding hydrogens is 368 g/mol. The molecule has 28 heavy (non-hydrogen) atoms. The van der Waals surface area contributed by atoms with E-state index < -0.39 is 0 Å². The van der Waals surface area contributed by atoms with E-state index in [1.165, 1.54) is 0 Å². The summed E-state index contributed by atoms with van der Waals surface area (Å²) >= 11 is 6.05. The topological polar surface area (TPSA) is 53.1 Å². The van der Waals surface area contributed by atoms with Gasteiger partial charge in [-0.2, -0.15) is 5.26 Å². The minimum Gasteiger partial charge on any atom is -0.369 e. The van der Waals surface area contributed by atoms with Crippen LogP contribution in [0, 0.1) is 18.3 Å². The molecular formula is C23H21ClN4. The quantitative estimate of drug-likeness (QED) is 0.485. The van der Waals surface area contributed by atoms with Crippen LogP contribution in [0.25, 0.3) is 16.7 Å². The van der Waals surface area contributed by atoms with E-state index in [4.69, 9.17) is 16.6 Å². The normalized spacial score (nSPS) is 11.3. The zero-order valence-electron chi connectivity index (χ0n) is 16.1. The van der Waals surface area contributed by atoms with Crippen molar-refractivity contribution in [2.45, 2.75) is 33.2 Å². The summed E-state index contributed by atoms with van der Waals surface area (Å²) in [6.07, 6.45) is 0.704. The van der Waals surface area contributed by atoms with Gasteiger partial charge in [-0.05, 0) is 56.2 Å². The van der Waals surface area contributed by atoms with Crippen LogP contribution in [0.5, 0.6) is 0 Å². The molecule has 140 valence electrons. The molecule has 1 N–H and O–H groups in total. The average Bonchev–Trinajstić information content (AvgIpc) is 3.05. The number of benzene rings is 2. The van der Waals surface area contributed by atoms with Crippen LogP contribution in [0.4, 0.5) is 5.82 Å². The standard InChI is InChI=1S/C23H21ClN4/c1-14(2)26-22-18(12-16-8-10-17(24)11-9-16)15(3)19(13-25)23-27-20-6-4-5-7-21(20)28(22)23/h4-11,14,26H,12H2,1-3H3. The van der Waals surface area contributed by atoms with Crippen LogP contribution >= 0.6 is 11.6 Å². The summed E-state index contributed by atoms with van der Waals surface area (Å²) in [5.41, 5.74) is 6.40. The Hall–Kier alpha value is -3.03. The van der Waals surface area contributed by atoms with Crippen LogP contribution in [0.3, 0.4) is 0 Å². The van der Waals surface area contributed by atoms with Crippen LogP contribution in [0.2, 0.25) is 5.02 Å². The first kappa shape index (κ1) is 18.3. The van der Waals surface area contributed by atoms with Crippen molar-refractivity contribution in [1.82, 2.24) is 9.38 Å². The lowest BCUT2D eigenvalue weighted by Gasteiger charge is -2.21. The molecule has 4 aromatic rings. The first-order valence-electron chi connectivity index (χ1n) is 9.33. The fraction of sp³-hybridized carbons (Fsp3) is 0.217. The number of nitrogens with one attached hydrogen (secondary N) is 1. The number of anilines is 1. The lowest BCUT2D eigenvalue weighted by atomic mass is 9.97. The molecule has 0 bridgehead atoms. The Labute approximate surface area is 169 Å². The lowest BCUT2D eigenvalue weighted by molar-refractivity contribution is 0.876. The first-order chi connectivity index (χ1) is 13.5. The highest BCUT2D eigenvalue weighted by molar-refractivity contribution is 6.30. The Bertz CT molecular complexity index is 1210. The van der Waals surface area contributed by atoms with E-state index in [1.807, 2.05) is 55.5 Å². The van der Waals surface area contributed by atoms with Gasteiger partial charge in [0.05, 0.1) is 16.6 Å².